The Labute approximate surface area is 79.3 Å². The summed E-state index contributed by atoms with van der Waals surface area (Å²) >= 11 is 0. The fourth-order valence-corrected chi connectivity index (χ4v) is 0.177. The van der Waals surface area contributed by atoms with Crippen molar-refractivity contribution in [3.05, 3.63) is 13.2 Å². The van der Waals surface area contributed by atoms with Gasteiger partial charge in [0, 0.05) is 0 Å². The van der Waals surface area contributed by atoms with Gasteiger partial charge in [0.1, 0.15) is 0 Å². The predicted molar refractivity (Wildman–Crippen MR) is 60.7 cm³/mol. The van der Waals surface area contributed by atoms with Crippen LogP contribution in [0.2, 0.25) is 0 Å². The van der Waals surface area contributed by atoms with E-state index in [0.29, 0.717) is 0 Å². The molecule has 0 aromatic heterocycles. The summed E-state index contributed by atoms with van der Waals surface area (Å²) in [6.45, 7) is 16.9. The lowest BCUT2D eigenvalue weighted by molar-refractivity contribution is 0.527. The molecule has 0 atom stereocenters. The lowest BCUT2D eigenvalue weighted by Gasteiger charge is -2.09. The number of unbranched alkanes of at least 4 members (excludes halogenated alkanes) is 1. The molecule has 0 bridgehead atoms. The molecule has 1 saturated heterocycles. The van der Waals surface area contributed by atoms with Crippen LogP contribution < -0.4 is 5.32 Å². The van der Waals surface area contributed by atoms with Crippen LogP contribution in [0.15, 0.2) is 13.2 Å². The van der Waals surface area contributed by atoms with E-state index >= 15 is 0 Å². The summed E-state index contributed by atoms with van der Waals surface area (Å²) in [6.07, 6.45) is 4.03. The molecule has 1 nitrogen and oxygen atoms in total. The van der Waals surface area contributed by atoms with Crippen molar-refractivity contribution in [1.82, 2.24) is 5.32 Å². The highest BCUT2D eigenvalue weighted by Gasteiger charge is 1.92. The molecule has 1 fully saturated rings. The van der Waals surface area contributed by atoms with Crippen molar-refractivity contribution in [2.24, 2.45) is 0 Å². The lowest BCUT2D eigenvalue weighted by Crippen LogP contribution is -2.29. The van der Waals surface area contributed by atoms with Crippen LogP contribution in [-0.4, -0.2) is 13.1 Å². The summed E-state index contributed by atoms with van der Waals surface area (Å²) in [5, 5.41) is 3.11. The molecule has 0 unspecified atom stereocenters. The van der Waals surface area contributed by atoms with E-state index in [0.717, 1.165) is 0 Å². The Kier molecular flexibility index (Phi) is 45.7. The first kappa shape index (κ1) is 17.7. The minimum absolute atomic E-state index is 1.25. The Balaban J connectivity index is -0.0000000967. The van der Waals surface area contributed by atoms with Gasteiger partial charge in [-0.05, 0) is 19.5 Å². The van der Waals surface area contributed by atoms with E-state index in [4.69, 9.17) is 0 Å². The Hall–Kier alpha value is -0.300. The van der Waals surface area contributed by atoms with Crippen molar-refractivity contribution in [1.29, 1.82) is 0 Å². The van der Waals surface area contributed by atoms with Gasteiger partial charge in [-0.15, -0.1) is 13.2 Å². The molecule has 0 aromatic carbocycles. The summed E-state index contributed by atoms with van der Waals surface area (Å²) in [4.78, 5) is 0. The van der Waals surface area contributed by atoms with Crippen LogP contribution >= 0.6 is 0 Å². The van der Waals surface area contributed by atoms with E-state index in [1.165, 1.54) is 32.4 Å². The maximum Gasteiger partial charge on any atom is -0.00368 e. The lowest BCUT2D eigenvalue weighted by atomic mass is 10.3. The zero-order valence-corrected chi connectivity index (χ0v) is 9.45. The molecule has 0 radical (unpaired) electrons. The second kappa shape index (κ2) is 31.0. The topological polar surface area (TPSA) is 12.0 Å². The van der Waals surface area contributed by atoms with Crippen molar-refractivity contribution in [3.8, 4) is 0 Å². The Morgan fingerprint density at radius 2 is 1.17 bits per heavy atom. The van der Waals surface area contributed by atoms with Crippen LogP contribution in [0.1, 0.15) is 47.0 Å². The Morgan fingerprint density at radius 1 is 1.00 bits per heavy atom. The molecule has 0 saturated carbocycles. The van der Waals surface area contributed by atoms with E-state index in [9.17, 15) is 0 Å². The van der Waals surface area contributed by atoms with E-state index in [1.807, 2.05) is 13.8 Å². The third kappa shape index (κ3) is 33.2. The predicted octanol–water partition coefficient (Wildman–Crippen LogP) is 3.61. The first-order chi connectivity index (χ1) is 5.91. The second-order valence-electron chi connectivity index (χ2n) is 2.10. The number of hydrogen-bond donors (Lipinski definition) is 1. The van der Waals surface area contributed by atoms with Crippen molar-refractivity contribution < 1.29 is 0 Å². The molecule has 0 aliphatic carbocycles. The van der Waals surface area contributed by atoms with Gasteiger partial charge in [0.05, 0.1) is 0 Å². The molecule has 1 N–H and O–H groups in total. The molecule has 1 heteroatoms. The SMILES string of the molecule is C1CNC1.C=C.CC.CCCC. The van der Waals surface area contributed by atoms with Gasteiger partial charge in [-0.3, -0.25) is 0 Å². The van der Waals surface area contributed by atoms with Gasteiger partial charge in [0.2, 0.25) is 0 Å². The standard InChI is InChI=1S/C4H10.C3H7N.C2H6.C2H4/c1-3-4-2;1-2-4-3-1;2*1-2/h3-4H2,1-2H3;4H,1-3H2;1-2H3;1-2H2. The third-order valence-electron chi connectivity index (χ3n) is 1.21. The molecule has 76 valence electrons. The van der Waals surface area contributed by atoms with E-state index in [-0.39, 0.29) is 0 Å². The first-order valence-electron chi connectivity index (χ1n) is 5.12. The van der Waals surface area contributed by atoms with E-state index in [2.05, 4.69) is 32.3 Å². The monoisotopic (exact) mass is 173 g/mol. The highest BCUT2D eigenvalue weighted by Crippen LogP contribution is 1.80. The van der Waals surface area contributed by atoms with Gasteiger partial charge in [-0.25, -0.2) is 0 Å². The summed E-state index contributed by atoms with van der Waals surface area (Å²) in [5.41, 5.74) is 0. The molecular formula is C11H27N. The number of hydrogen-bond acceptors (Lipinski definition) is 1. The molecule has 0 aromatic rings. The Bertz CT molecular complexity index is 34.3. The van der Waals surface area contributed by atoms with Crippen molar-refractivity contribution >= 4 is 0 Å². The zero-order valence-electron chi connectivity index (χ0n) is 9.45. The molecule has 1 aliphatic heterocycles. The van der Waals surface area contributed by atoms with Crippen LogP contribution in [0.25, 0.3) is 0 Å². The molecule has 0 spiro atoms. The fraction of sp³-hybridized carbons (Fsp3) is 0.818. The maximum atomic E-state index is 3.11. The minimum Gasteiger partial charge on any atom is -0.317 e. The zero-order chi connectivity index (χ0) is 10.2. The average molecular weight is 173 g/mol. The van der Waals surface area contributed by atoms with E-state index < -0.39 is 0 Å². The number of nitrogens with one attached hydrogen (secondary N) is 1. The molecule has 1 rings (SSSR count). The second-order valence-corrected chi connectivity index (χ2v) is 2.10. The third-order valence-corrected chi connectivity index (χ3v) is 1.21. The minimum atomic E-state index is 1.25. The summed E-state index contributed by atoms with van der Waals surface area (Å²) < 4.78 is 0. The quantitative estimate of drug-likeness (QED) is 0.597. The normalized spacial score (nSPS) is 11.3. The smallest absolute Gasteiger partial charge is 0.00368 e. The Morgan fingerprint density at radius 3 is 1.17 bits per heavy atom. The van der Waals surface area contributed by atoms with Crippen LogP contribution in [0.5, 0.6) is 0 Å². The van der Waals surface area contributed by atoms with Gasteiger partial charge in [-0.2, -0.15) is 0 Å². The van der Waals surface area contributed by atoms with Gasteiger partial charge < -0.3 is 5.32 Å². The molecule has 0 amide bonds. The first-order valence-corrected chi connectivity index (χ1v) is 5.12. The average Bonchev–Trinajstić information content (AvgIpc) is 2.08. The summed E-state index contributed by atoms with van der Waals surface area (Å²) in [5.74, 6) is 0. The van der Waals surface area contributed by atoms with E-state index in [1.54, 1.807) is 0 Å². The van der Waals surface area contributed by atoms with Crippen molar-refractivity contribution in [3.63, 3.8) is 0 Å². The van der Waals surface area contributed by atoms with Gasteiger partial charge in [0.15, 0.2) is 0 Å². The molecule has 1 aliphatic rings. The van der Waals surface area contributed by atoms with Crippen LogP contribution in [0.3, 0.4) is 0 Å². The summed E-state index contributed by atoms with van der Waals surface area (Å²) in [7, 11) is 0. The largest absolute Gasteiger partial charge is 0.317 e. The highest BCUT2D eigenvalue weighted by molar-refractivity contribution is 4.56. The fourth-order valence-electron chi connectivity index (χ4n) is 0.177. The number of rotatable bonds is 1. The van der Waals surface area contributed by atoms with Crippen LogP contribution in [0, 0.1) is 0 Å². The van der Waals surface area contributed by atoms with Gasteiger partial charge in [0.25, 0.3) is 0 Å². The molecule has 1 heterocycles. The van der Waals surface area contributed by atoms with Crippen LogP contribution in [0.4, 0.5) is 0 Å². The summed E-state index contributed by atoms with van der Waals surface area (Å²) in [6, 6.07) is 0. The van der Waals surface area contributed by atoms with Crippen molar-refractivity contribution in [2.75, 3.05) is 13.1 Å². The van der Waals surface area contributed by atoms with Gasteiger partial charge in [-0.1, -0.05) is 40.5 Å². The molecule has 12 heavy (non-hydrogen) atoms. The van der Waals surface area contributed by atoms with Gasteiger partial charge >= 0.3 is 0 Å². The van der Waals surface area contributed by atoms with Crippen LogP contribution in [-0.2, 0) is 0 Å². The maximum absolute atomic E-state index is 3.11. The highest BCUT2D eigenvalue weighted by atomic mass is 14.9. The van der Waals surface area contributed by atoms with Crippen molar-refractivity contribution in [2.45, 2.75) is 47.0 Å². The molecular weight excluding hydrogens is 146 g/mol.